The summed E-state index contributed by atoms with van der Waals surface area (Å²) in [6, 6.07) is 21.7. The number of hydrogen-bond acceptors (Lipinski definition) is 0. The van der Waals surface area contributed by atoms with E-state index in [2.05, 4.69) is 85.1 Å². The Morgan fingerprint density at radius 2 is 1.50 bits per heavy atom. The van der Waals surface area contributed by atoms with Crippen molar-refractivity contribution in [3.8, 4) is 11.1 Å². The van der Waals surface area contributed by atoms with Crippen molar-refractivity contribution in [2.75, 3.05) is 0 Å². The number of rotatable bonds is 1. The van der Waals surface area contributed by atoms with Crippen molar-refractivity contribution in [1.82, 2.24) is 4.98 Å². The van der Waals surface area contributed by atoms with Crippen LogP contribution in [0.15, 0.2) is 66.2 Å². The Hall–Kier alpha value is -1.34. The molecule has 1 nitrogen and oxygen atoms in total. The van der Waals surface area contributed by atoms with Gasteiger partial charge in [-0.15, -0.1) is 0 Å². The SMILES string of the molecule is CC1=Cc2c(cccc2-c2cccc3c2[nH]c2ccccc23)[CH]1.[Cl][Zr][Cl]. The van der Waals surface area contributed by atoms with Crippen molar-refractivity contribution in [3.63, 3.8) is 0 Å². The van der Waals surface area contributed by atoms with Gasteiger partial charge in [-0.2, -0.15) is 0 Å². The van der Waals surface area contributed by atoms with Crippen molar-refractivity contribution in [1.29, 1.82) is 0 Å². The van der Waals surface area contributed by atoms with Crippen molar-refractivity contribution in [2.45, 2.75) is 6.92 Å². The molecule has 4 heteroatoms. The molecule has 1 heterocycles. The molecule has 127 valence electrons. The van der Waals surface area contributed by atoms with E-state index in [1.54, 1.807) is 0 Å². The predicted octanol–water partition coefficient (Wildman–Crippen LogP) is 7.33. The predicted molar refractivity (Wildman–Crippen MR) is 110 cm³/mol. The average molecular weight is 457 g/mol. The summed E-state index contributed by atoms with van der Waals surface area (Å²) in [4.78, 5) is 3.62. The molecular formula is C22H16Cl2NZr. The van der Waals surface area contributed by atoms with Gasteiger partial charge < -0.3 is 4.98 Å². The van der Waals surface area contributed by atoms with Crippen LogP contribution in [-0.2, 0) is 20.8 Å². The number of allylic oxidation sites excluding steroid dienone is 1. The normalized spacial score (nSPS) is 12.5. The van der Waals surface area contributed by atoms with Crippen LogP contribution in [0.3, 0.4) is 0 Å². The molecule has 0 saturated heterocycles. The van der Waals surface area contributed by atoms with Crippen LogP contribution in [0.25, 0.3) is 39.0 Å². The van der Waals surface area contributed by atoms with Gasteiger partial charge in [0.1, 0.15) is 0 Å². The molecule has 0 spiro atoms. The third-order valence-corrected chi connectivity index (χ3v) is 4.73. The standard InChI is InChI=1S/C22H16N.2ClH.Zr/c1-14-12-15-6-4-8-16(20(15)13-14)18-9-5-10-19-17-7-2-3-11-21(17)23-22(18)19;;;/h2-13,23H,1H3;2*1H;/q;;;+2/p-2. The van der Waals surface area contributed by atoms with Crippen LogP contribution < -0.4 is 0 Å². The molecule has 0 aliphatic heterocycles. The summed E-state index contributed by atoms with van der Waals surface area (Å²) in [5.74, 6) is 0. The molecular weight excluding hydrogens is 440 g/mol. The first-order chi connectivity index (χ1) is 12.7. The molecule has 0 fully saturated rings. The third kappa shape index (κ3) is 3.20. The molecule has 0 unspecified atom stereocenters. The van der Waals surface area contributed by atoms with Crippen molar-refractivity contribution < 1.29 is 20.8 Å². The zero-order valence-corrected chi connectivity index (χ0v) is 18.2. The number of fused-ring (bicyclic) bond motifs is 4. The third-order valence-electron chi connectivity index (χ3n) is 4.73. The summed E-state index contributed by atoms with van der Waals surface area (Å²) < 4.78 is 0. The molecule has 1 N–H and O–H groups in total. The summed E-state index contributed by atoms with van der Waals surface area (Å²) in [7, 11) is 9.87. The molecule has 0 bridgehead atoms. The molecule has 0 atom stereocenters. The van der Waals surface area contributed by atoms with Gasteiger partial charge in [-0.05, 0) is 29.7 Å². The van der Waals surface area contributed by atoms with Gasteiger partial charge in [0.25, 0.3) is 0 Å². The van der Waals surface area contributed by atoms with Crippen LogP contribution in [0.1, 0.15) is 18.1 Å². The van der Waals surface area contributed by atoms with E-state index >= 15 is 0 Å². The summed E-state index contributed by atoms with van der Waals surface area (Å²) in [5, 5.41) is 2.58. The van der Waals surface area contributed by atoms with E-state index in [-0.39, 0.29) is 0 Å². The summed E-state index contributed by atoms with van der Waals surface area (Å²) in [6.45, 7) is 2.16. The zero-order valence-electron chi connectivity index (χ0n) is 14.2. The number of halogens is 2. The van der Waals surface area contributed by atoms with Gasteiger partial charge in [-0.25, -0.2) is 0 Å². The van der Waals surface area contributed by atoms with Gasteiger partial charge in [0.2, 0.25) is 0 Å². The minimum absolute atomic E-state index is 0.826. The maximum absolute atomic E-state index is 4.93. The number of nitrogens with one attached hydrogen (secondary N) is 1. The molecule has 0 amide bonds. The molecule has 1 aliphatic rings. The topological polar surface area (TPSA) is 15.8 Å². The minimum atomic E-state index is -0.826. The zero-order chi connectivity index (χ0) is 18.1. The Bertz CT molecular complexity index is 1130. The fourth-order valence-electron chi connectivity index (χ4n) is 3.72. The van der Waals surface area contributed by atoms with Gasteiger partial charge in [0.15, 0.2) is 0 Å². The monoisotopic (exact) mass is 454 g/mol. The Labute approximate surface area is 171 Å². The Morgan fingerprint density at radius 1 is 0.808 bits per heavy atom. The van der Waals surface area contributed by atoms with E-state index in [1.165, 1.54) is 49.6 Å². The van der Waals surface area contributed by atoms with Gasteiger partial charge in [-0.1, -0.05) is 66.2 Å². The van der Waals surface area contributed by atoms with Crippen molar-refractivity contribution in [3.05, 3.63) is 83.8 Å². The fraction of sp³-hybridized carbons (Fsp3) is 0.0455. The van der Waals surface area contributed by atoms with Gasteiger partial charge in [0, 0.05) is 28.3 Å². The quantitative estimate of drug-likeness (QED) is 0.309. The van der Waals surface area contributed by atoms with Gasteiger partial charge in [-0.3, -0.25) is 0 Å². The van der Waals surface area contributed by atoms with E-state index in [9.17, 15) is 0 Å². The summed E-state index contributed by atoms with van der Waals surface area (Å²) in [6.07, 6.45) is 4.54. The second-order valence-electron chi connectivity index (χ2n) is 6.31. The summed E-state index contributed by atoms with van der Waals surface area (Å²) >= 11 is -0.826. The van der Waals surface area contributed by atoms with Gasteiger partial charge >= 0.3 is 37.9 Å². The van der Waals surface area contributed by atoms with Crippen molar-refractivity contribution in [2.24, 2.45) is 0 Å². The number of aromatic amines is 1. The Morgan fingerprint density at radius 3 is 2.35 bits per heavy atom. The van der Waals surface area contributed by atoms with Crippen LogP contribution in [-0.4, -0.2) is 4.98 Å². The van der Waals surface area contributed by atoms with E-state index in [4.69, 9.17) is 17.0 Å². The van der Waals surface area contributed by atoms with E-state index in [0.29, 0.717) is 0 Å². The van der Waals surface area contributed by atoms with Crippen LogP contribution in [0.4, 0.5) is 0 Å². The molecule has 5 rings (SSSR count). The maximum atomic E-state index is 4.93. The number of hydrogen-bond donors (Lipinski definition) is 1. The van der Waals surface area contributed by atoms with Crippen molar-refractivity contribution >= 4 is 44.9 Å². The molecule has 1 aliphatic carbocycles. The first kappa shape index (κ1) is 18.0. The second kappa shape index (κ2) is 7.73. The van der Waals surface area contributed by atoms with E-state index in [0.717, 1.165) is 0 Å². The molecule has 0 saturated carbocycles. The molecule has 1 aromatic heterocycles. The van der Waals surface area contributed by atoms with Gasteiger partial charge in [0.05, 0.1) is 5.52 Å². The second-order valence-corrected chi connectivity index (χ2v) is 10.0. The number of H-pyrrole nitrogens is 1. The Balaban J connectivity index is 0.000000527. The number of para-hydroxylation sites is 2. The van der Waals surface area contributed by atoms with E-state index in [1.807, 2.05) is 0 Å². The van der Waals surface area contributed by atoms with E-state index < -0.39 is 20.8 Å². The fourth-order valence-corrected chi connectivity index (χ4v) is 3.72. The number of benzene rings is 3. The van der Waals surface area contributed by atoms with Crippen LogP contribution in [0.2, 0.25) is 0 Å². The Kier molecular flexibility index (Phi) is 5.36. The molecule has 4 aromatic rings. The first-order valence-electron chi connectivity index (χ1n) is 8.35. The first-order valence-corrected chi connectivity index (χ1v) is 14.7. The molecule has 1 radical (unpaired) electrons. The average Bonchev–Trinajstić information content (AvgIpc) is 3.21. The van der Waals surface area contributed by atoms with Crippen LogP contribution in [0.5, 0.6) is 0 Å². The summed E-state index contributed by atoms with van der Waals surface area (Å²) in [5.41, 5.74) is 8.95. The van der Waals surface area contributed by atoms with Crippen LogP contribution in [0, 0.1) is 6.42 Å². The molecule has 26 heavy (non-hydrogen) atoms. The number of aromatic nitrogens is 1. The molecule has 3 aromatic carbocycles. The van der Waals surface area contributed by atoms with Crippen LogP contribution >= 0.6 is 17.0 Å².